The third-order valence-corrected chi connectivity index (χ3v) is 6.04. The topological polar surface area (TPSA) is 6.48 Å². The normalized spacial score (nSPS) is 36.7. The molecule has 0 saturated carbocycles. The van der Waals surface area contributed by atoms with Crippen molar-refractivity contribution in [2.24, 2.45) is 0 Å². The fourth-order valence-electron chi connectivity index (χ4n) is 3.63. The molecule has 2 nitrogen and oxygen atoms in total. The van der Waals surface area contributed by atoms with E-state index in [1.165, 1.54) is 77.0 Å². The highest BCUT2D eigenvalue weighted by atomic mass is 32.2. The molecular weight excluding hydrogens is 228 g/mol. The van der Waals surface area contributed by atoms with Crippen molar-refractivity contribution < 1.29 is 0 Å². The summed E-state index contributed by atoms with van der Waals surface area (Å²) in [5.41, 5.74) is 0. The molecule has 2 atom stereocenters. The van der Waals surface area contributed by atoms with Crippen LogP contribution in [0.25, 0.3) is 0 Å². The SMILES string of the molecule is C1CCC(CN2CCN3CCCCC3C2)SC1. The third-order valence-electron chi connectivity index (χ3n) is 4.66. The number of piperazine rings is 1. The van der Waals surface area contributed by atoms with Crippen molar-refractivity contribution in [1.82, 2.24) is 9.80 Å². The second-order valence-corrected chi connectivity index (χ2v) is 7.34. The molecule has 98 valence electrons. The minimum Gasteiger partial charge on any atom is -0.299 e. The van der Waals surface area contributed by atoms with Crippen molar-refractivity contribution in [3.63, 3.8) is 0 Å². The molecule has 0 aromatic heterocycles. The molecule has 0 amide bonds. The minimum atomic E-state index is 0.895. The Bertz CT molecular complexity index is 238. The lowest BCUT2D eigenvalue weighted by atomic mass is 9.99. The lowest BCUT2D eigenvalue weighted by Crippen LogP contribution is -2.55. The molecule has 0 aromatic rings. The summed E-state index contributed by atoms with van der Waals surface area (Å²) in [5, 5.41) is 0.943. The lowest BCUT2D eigenvalue weighted by Gasteiger charge is -2.45. The molecule has 17 heavy (non-hydrogen) atoms. The van der Waals surface area contributed by atoms with E-state index in [-0.39, 0.29) is 0 Å². The van der Waals surface area contributed by atoms with E-state index in [4.69, 9.17) is 0 Å². The third kappa shape index (κ3) is 3.18. The van der Waals surface area contributed by atoms with Gasteiger partial charge in [-0.2, -0.15) is 11.8 Å². The van der Waals surface area contributed by atoms with Gasteiger partial charge < -0.3 is 0 Å². The first-order valence-electron chi connectivity index (χ1n) is 7.50. The second-order valence-electron chi connectivity index (χ2n) is 5.93. The molecule has 3 rings (SSSR count). The molecule has 0 spiro atoms. The van der Waals surface area contributed by atoms with Crippen LogP contribution in [0.3, 0.4) is 0 Å². The summed E-state index contributed by atoms with van der Waals surface area (Å²) in [7, 11) is 0. The number of nitrogens with zero attached hydrogens (tertiary/aromatic N) is 2. The monoisotopic (exact) mass is 254 g/mol. The summed E-state index contributed by atoms with van der Waals surface area (Å²) in [6.07, 6.45) is 8.75. The van der Waals surface area contributed by atoms with Crippen molar-refractivity contribution in [2.75, 3.05) is 38.5 Å². The molecule has 3 fully saturated rings. The number of thioether (sulfide) groups is 1. The number of hydrogen-bond acceptors (Lipinski definition) is 3. The second kappa shape index (κ2) is 5.94. The summed E-state index contributed by atoms with van der Waals surface area (Å²) in [6.45, 7) is 6.76. The first kappa shape index (κ1) is 12.3. The van der Waals surface area contributed by atoms with Crippen LogP contribution in [-0.2, 0) is 0 Å². The molecule has 2 unspecified atom stereocenters. The van der Waals surface area contributed by atoms with Gasteiger partial charge in [0.25, 0.3) is 0 Å². The first-order chi connectivity index (χ1) is 8.42. The highest BCUT2D eigenvalue weighted by molar-refractivity contribution is 7.99. The smallest absolute Gasteiger partial charge is 0.0223 e. The molecule has 3 aliphatic heterocycles. The van der Waals surface area contributed by atoms with Crippen molar-refractivity contribution >= 4 is 11.8 Å². The highest BCUT2D eigenvalue weighted by Crippen LogP contribution is 2.27. The average molecular weight is 254 g/mol. The van der Waals surface area contributed by atoms with Gasteiger partial charge in [-0.15, -0.1) is 0 Å². The molecule has 0 aliphatic carbocycles. The van der Waals surface area contributed by atoms with Gasteiger partial charge in [0, 0.05) is 37.5 Å². The van der Waals surface area contributed by atoms with E-state index in [1.54, 1.807) is 0 Å². The standard InChI is InChI=1S/C14H26N2S/c1-3-7-16-9-8-15(11-13(16)5-1)12-14-6-2-4-10-17-14/h13-14H,1-12H2. The van der Waals surface area contributed by atoms with Crippen molar-refractivity contribution in [3.8, 4) is 0 Å². The van der Waals surface area contributed by atoms with E-state index in [0.717, 1.165) is 11.3 Å². The van der Waals surface area contributed by atoms with Crippen LogP contribution in [0.4, 0.5) is 0 Å². The van der Waals surface area contributed by atoms with Crippen molar-refractivity contribution in [2.45, 2.75) is 49.8 Å². The van der Waals surface area contributed by atoms with Crippen LogP contribution in [-0.4, -0.2) is 59.6 Å². The van der Waals surface area contributed by atoms with E-state index in [2.05, 4.69) is 21.6 Å². The Morgan fingerprint density at radius 1 is 0.941 bits per heavy atom. The van der Waals surface area contributed by atoms with Gasteiger partial charge in [-0.25, -0.2) is 0 Å². The number of piperidine rings is 1. The van der Waals surface area contributed by atoms with E-state index >= 15 is 0 Å². The zero-order chi connectivity index (χ0) is 11.5. The largest absolute Gasteiger partial charge is 0.299 e. The van der Waals surface area contributed by atoms with Crippen LogP contribution in [0, 0.1) is 0 Å². The highest BCUT2D eigenvalue weighted by Gasteiger charge is 2.29. The Morgan fingerprint density at radius 3 is 2.76 bits per heavy atom. The van der Waals surface area contributed by atoms with Crippen LogP contribution in [0.2, 0.25) is 0 Å². The molecule has 0 radical (unpaired) electrons. The van der Waals surface area contributed by atoms with Gasteiger partial charge in [-0.1, -0.05) is 12.8 Å². The molecule has 3 heterocycles. The maximum atomic E-state index is 2.76. The number of rotatable bonds is 2. The summed E-state index contributed by atoms with van der Waals surface area (Å²) in [4.78, 5) is 5.50. The molecular formula is C14H26N2S. The van der Waals surface area contributed by atoms with E-state index in [1.807, 2.05) is 0 Å². The van der Waals surface area contributed by atoms with Gasteiger partial charge in [-0.05, 0) is 38.0 Å². The Kier molecular flexibility index (Phi) is 4.30. The minimum absolute atomic E-state index is 0.895. The van der Waals surface area contributed by atoms with Gasteiger partial charge in [0.05, 0.1) is 0 Å². The Hall–Kier alpha value is 0.270. The van der Waals surface area contributed by atoms with Crippen molar-refractivity contribution in [3.05, 3.63) is 0 Å². The maximum absolute atomic E-state index is 2.76. The van der Waals surface area contributed by atoms with Gasteiger partial charge in [0.15, 0.2) is 0 Å². The predicted molar refractivity (Wildman–Crippen MR) is 75.7 cm³/mol. The Balaban J connectivity index is 1.48. The van der Waals surface area contributed by atoms with Gasteiger partial charge >= 0.3 is 0 Å². The average Bonchev–Trinajstić information content (AvgIpc) is 2.40. The molecule has 0 aromatic carbocycles. The summed E-state index contributed by atoms with van der Waals surface area (Å²) in [6, 6.07) is 0.895. The van der Waals surface area contributed by atoms with Crippen LogP contribution in [0.1, 0.15) is 38.5 Å². The summed E-state index contributed by atoms with van der Waals surface area (Å²) in [5.74, 6) is 1.41. The van der Waals surface area contributed by atoms with Crippen LogP contribution >= 0.6 is 11.8 Å². The Morgan fingerprint density at radius 2 is 1.88 bits per heavy atom. The van der Waals surface area contributed by atoms with Crippen LogP contribution in [0.5, 0.6) is 0 Å². The zero-order valence-corrected chi connectivity index (χ0v) is 11.8. The quantitative estimate of drug-likeness (QED) is 0.747. The predicted octanol–water partition coefficient (Wildman–Crippen LogP) is 2.44. The molecule has 0 N–H and O–H groups in total. The molecule has 3 heteroatoms. The van der Waals surface area contributed by atoms with Crippen LogP contribution < -0.4 is 0 Å². The summed E-state index contributed by atoms with van der Waals surface area (Å²) >= 11 is 2.23. The number of hydrogen-bond donors (Lipinski definition) is 0. The Labute approximate surface area is 110 Å². The van der Waals surface area contributed by atoms with Gasteiger partial charge in [0.1, 0.15) is 0 Å². The maximum Gasteiger partial charge on any atom is 0.0223 e. The van der Waals surface area contributed by atoms with E-state index < -0.39 is 0 Å². The molecule has 3 saturated heterocycles. The van der Waals surface area contributed by atoms with Gasteiger partial charge in [0.2, 0.25) is 0 Å². The molecule has 3 aliphatic rings. The molecule has 0 bridgehead atoms. The fraction of sp³-hybridized carbons (Fsp3) is 1.00. The summed E-state index contributed by atoms with van der Waals surface area (Å²) < 4.78 is 0. The van der Waals surface area contributed by atoms with E-state index in [9.17, 15) is 0 Å². The van der Waals surface area contributed by atoms with Gasteiger partial charge in [-0.3, -0.25) is 9.80 Å². The van der Waals surface area contributed by atoms with E-state index in [0.29, 0.717) is 0 Å². The first-order valence-corrected chi connectivity index (χ1v) is 8.55. The van der Waals surface area contributed by atoms with Crippen LogP contribution in [0.15, 0.2) is 0 Å². The number of fused-ring (bicyclic) bond motifs is 1. The van der Waals surface area contributed by atoms with Crippen molar-refractivity contribution in [1.29, 1.82) is 0 Å². The lowest BCUT2D eigenvalue weighted by molar-refractivity contribution is 0.0493. The fourth-order valence-corrected chi connectivity index (χ4v) is 4.98. The zero-order valence-electron chi connectivity index (χ0n) is 10.9.